The Labute approximate surface area is 195 Å². The van der Waals surface area contributed by atoms with Gasteiger partial charge in [0.2, 0.25) is 0 Å². The minimum atomic E-state index is -0.608. The summed E-state index contributed by atoms with van der Waals surface area (Å²) in [7, 11) is 1.33. The fourth-order valence-electron chi connectivity index (χ4n) is 3.38. The van der Waals surface area contributed by atoms with Crippen molar-refractivity contribution in [3.05, 3.63) is 96.1 Å². The van der Waals surface area contributed by atoms with E-state index in [2.05, 4.69) is 21.8 Å². The van der Waals surface area contributed by atoms with E-state index in [9.17, 15) is 9.90 Å². The van der Waals surface area contributed by atoms with E-state index in [1.165, 1.54) is 12.7 Å². The van der Waals surface area contributed by atoms with Crippen molar-refractivity contribution in [1.29, 1.82) is 0 Å². The summed E-state index contributed by atoms with van der Waals surface area (Å²) in [5, 5.41) is 10.6. The van der Waals surface area contributed by atoms with Crippen LogP contribution in [0.15, 0.2) is 84.9 Å². The van der Waals surface area contributed by atoms with E-state index in [0.29, 0.717) is 12.3 Å². The molecule has 0 fully saturated rings. The van der Waals surface area contributed by atoms with Gasteiger partial charge in [0.1, 0.15) is 24.2 Å². The molecular formula is C27H31NO5. The van der Waals surface area contributed by atoms with Crippen LogP contribution < -0.4 is 9.47 Å². The van der Waals surface area contributed by atoms with Gasteiger partial charge in [0.25, 0.3) is 0 Å². The molecule has 0 heterocycles. The zero-order valence-corrected chi connectivity index (χ0v) is 18.9. The maximum atomic E-state index is 11.2. The number of esters is 1. The Morgan fingerprint density at radius 3 is 2.15 bits per heavy atom. The van der Waals surface area contributed by atoms with Gasteiger partial charge in [0.05, 0.1) is 7.11 Å². The van der Waals surface area contributed by atoms with Gasteiger partial charge in [-0.15, -0.1) is 0 Å². The number of aliphatic hydroxyl groups excluding tert-OH is 1. The lowest BCUT2D eigenvalue weighted by Gasteiger charge is -2.25. The molecule has 6 heteroatoms. The van der Waals surface area contributed by atoms with Crippen molar-refractivity contribution in [3.63, 3.8) is 0 Å². The molecule has 0 bridgehead atoms. The third kappa shape index (κ3) is 8.96. The highest BCUT2D eigenvalue weighted by atomic mass is 16.6. The van der Waals surface area contributed by atoms with Gasteiger partial charge in [-0.2, -0.15) is 0 Å². The quantitative estimate of drug-likeness (QED) is 0.401. The van der Waals surface area contributed by atoms with Crippen molar-refractivity contribution in [3.8, 4) is 11.5 Å². The van der Waals surface area contributed by atoms with Crippen LogP contribution in [0.1, 0.15) is 11.1 Å². The lowest BCUT2D eigenvalue weighted by atomic mass is 10.1. The van der Waals surface area contributed by atoms with Gasteiger partial charge in [-0.25, -0.2) is 4.79 Å². The third-order valence-corrected chi connectivity index (χ3v) is 5.13. The number of benzene rings is 3. The van der Waals surface area contributed by atoms with Crippen LogP contribution in [0.2, 0.25) is 0 Å². The average molecular weight is 450 g/mol. The first-order valence-corrected chi connectivity index (χ1v) is 11.0. The Morgan fingerprint density at radius 2 is 1.48 bits per heavy atom. The average Bonchev–Trinajstić information content (AvgIpc) is 2.86. The fraction of sp³-hybridized carbons (Fsp3) is 0.296. The van der Waals surface area contributed by atoms with Gasteiger partial charge in [-0.1, -0.05) is 60.7 Å². The Bertz CT molecular complexity index is 947. The summed E-state index contributed by atoms with van der Waals surface area (Å²) >= 11 is 0. The predicted octanol–water partition coefficient (Wildman–Crippen LogP) is 3.72. The number of hydrogen-bond donors (Lipinski definition) is 1. The molecule has 0 saturated heterocycles. The number of carbonyl (C=O) groups is 1. The van der Waals surface area contributed by atoms with Gasteiger partial charge >= 0.3 is 5.97 Å². The predicted molar refractivity (Wildman–Crippen MR) is 127 cm³/mol. The maximum absolute atomic E-state index is 11.2. The molecule has 0 amide bonds. The Morgan fingerprint density at radius 1 is 0.848 bits per heavy atom. The summed E-state index contributed by atoms with van der Waals surface area (Å²) in [5.74, 6) is 0.963. The van der Waals surface area contributed by atoms with Crippen molar-refractivity contribution in [2.24, 2.45) is 0 Å². The zero-order chi connectivity index (χ0) is 23.3. The second-order valence-electron chi connectivity index (χ2n) is 7.76. The number of aliphatic hydroxyl groups is 1. The molecule has 0 aliphatic heterocycles. The molecule has 33 heavy (non-hydrogen) atoms. The SMILES string of the molecule is COC(=O)COc1ccc(CCN(Cc2ccccc2)CC(O)COc2ccccc2)cc1. The van der Waals surface area contributed by atoms with Crippen LogP contribution in [0, 0.1) is 0 Å². The Balaban J connectivity index is 1.54. The van der Waals surface area contributed by atoms with Crippen LogP contribution >= 0.6 is 0 Å². The largest absolute Gasteiger partial charge is 0.491 e. The van der Waals surface area contributed by atoms with E-state index in [1.54, 1.807) is 0 Å². The first-order valence-electron chi connectivity index (χ1n) is 11.0. The minimum absolute atomic E-state index is 0.107. The molecule has 6 nitrogen and oxygen atoms in total. The molecule has 3 rings (SSSR count). The summed E-state index contributed by atoms with van der Waals surface area (Å²) in [6, 6.07) is 27.4. The zero-order valence-electron chi connectivity index (χ0n) is 18.9. The van der Waals surface area contributed by atoms with E-state index in [0.717, 1.165) is 30.8 Å². The minimum Gasteiger partial charge on any atom is -0.491 e. The van der Waals surface area contributed by atoms with Crippen LogP contribution in [0.5, 0.6) is 11.5 Å². The molecule has 0 spiro atoms. The smallest absolute Gasteiger partial charge is 0.343 e. The molecular weight excluding hydrogens is 418 g/mol. The normalized spacial score (nSPS) is 11.7. The fourth-order valence-corrected chi connectivity index (χ4v) is 3.38. The van der Waals surface area contributed by atoms with E-state index in [4.69, 9.17) is 9.47 Å². The van der Waals surface area contributed by atoms with Crippen molar-refractivity contribution in [1.82, 2.24) is 4.90 Å². The van der Waals surface area contributed by atoms with Crippen LogP contribution in [0.25, 0.3) is 0 Å². The second kappa shape index (κ2) is 13.3. The van der Waals surface area contributed by atoms with Crippen LogP contribution in [-0.2, 0) is 22.5 Å². The van der Waals surface area contributed by atoms with Crippen molar-refractivity contribution in [2.45, 2.75) is 19.1 Å². The first kappa shape index (κ1) is 24.3. The van der Waals surface area contributed by atoms with E-state index in [-0.39, 0.29) is 13.2 Å². The van der Waals surface area contributed by atoms with Crippen LogP contribution in [0.4, 0.5) is 0 Å². The molecule has 0 radical (unpaired) electrons. The van der Waals surface area contributed by atoms with Gasteiger partial charge in [-0.05, 0) is 41.8 Å². The highest BCUT2D eigenvalue weighted by Gasteiger charge is 2.14. The number of nitrogens with zero attached hydrogens (tertiary/aromatic N) is 1. The van der Waals surface area contributed by atoms with Crippen molar-refractivity contribution < 1.29 is 24.1 Å². The van der Waals surface area contributed by atoms with Crippen molar-refractivity contribution in [2.75, 3.05) is 33.4 Å². The Hall–Kier alpha value is -3.35. The number of ether oxygens (including phenoxy) is 3. The molecule has 0 saturated carbocycles. The molecule has 3 aromatic carbocycles. The number of methoxy groups -OCH3 is 1. The van der Waals surface area contributed by atoms with E-state index < -0.39 is 12.1 Å². The van der Waals surface area contributed by atoms with E-state index in [1.807, 2.05) is 72.8 Å². The number of carbonyl (C=O) groups excluding carboxylic acids is 1. The molecule has 0 aliphatic rings. The topological polar surface area (TPSA) is 68.2 Å². The highest BCUT2D eigenvalue weighted by Crippen LogP contribution is 2.14. The standard InChI is InChI=1S/C27H31NO5/c1-31-27(30)21-33-26-14-12-22(13-15-26)16-17-28(18-23-8-4-2-5-9-23)19-24(29)20-32-25-10-6-3-7-11-25/h2-15,24,29H,16-21H2,1H3. The molecule has 0 aromatic heterocycles. The number of para-hydroxylation sites is 1. The summed E-state index contributed by atoms with van der Waals surface area (Å²) in [6.07, 6.45) is 0.208. The summed E-state index contributed by atoms with van der Waals surface area (Å²) < 4.78 is 15.7. The van der Waals surface area contributed by atoms with Gasteiger partial charge in [-0.3, -0.25) is 4.90 Å². The molecule has 0 aliphatic carbocycles. The maximum Gasteiger partial charge on any atom is 0.343 e. The summed E-state index contributed by atoms with van der Waals surface area (Å²) in [4.78, 5) is 13.4. The lowest BCUT2D eigenvalue weighted by molar-refractivity contribution is -0.142. The number of rotatable bonds is 13. The van der Waals surface area contributed by atoms with Gasteiger partial charge < -0.3 is 19.3 Å². The second-order valence-corrected chi connectivity index (χ2v) is 7.76. The molecule has 1 unspecified atom stereocenters. The molecule has 1 atom stereocenters. The third-order valence-electron chi connectivity index (χ3n) is 5.13. The number of hydrogen-bond acceptors (Lipinski definition) is 6. The first-order chi connectivity index (χ1) is 16.1. The lowest BCUT2D eigenvalue weighted by Crippen LogP contribution is -2.36. The van der Waals surface area contributed by atoms with E-state index >= 15 is 0 Å². The van der Waals surface area contributed by atoms with Gasteiger partial charge in [0, 0.05) is 19.6 Å². The van der Waals surface area contributed by atoms with Gasteiger partial charge in [0.15, 0.2) is 6.61 Å². The van der Waals surface area contributed by atoms with Crippen LogP contribution in [0.3, 0.4) is 0 Å². The van der Waals surface area contributed by atoms with Crippen molar-refractivity contribution >= 4 is 5.97 Å². The summed E-state index contributed by atoms with van der Waals surface area (Å²) in [5.41, 5.74) is 2.34. The molecule has 174 valence electrons. The Kier molecular flexibility index (Phi) is 9.76. The monoisotopic (exact) mass is 449 g/mol. The molecule has 3 aromatic rings. The molecule has 1 N–H and O–H groups in total. The summed E-state index contributed by atoms with van der Waals surface area (Å²) in [6.45, 7) is 2.15. The highest BCUT2D eigenvalue weighted by molar-refractivity contribution is 5.70. The van der Waals surface area contributed by atoms with Crippen LogP contribution in [-0.4, -0.2) is 55.5 Å².